The van der Waals surface area contributed by atoms with E-state index in [0.717, 1.165) is 5.69 Å². The molecule has 1 N–H and O–H groups in total. The van der Waals surface area contributed by atoms with Crippen LogP contribution in [0.25, 0.3) is 0 Å². The van der Waals surface area contributed by atoms with E-state index in [-0.39, 0.29) is 11.6 Å². The molecule has 0 spiro atoms. The SMILES string of the molecule is C=CCn1nc(C(=O)O)cc1C(C)C. The first-order chi connectivity index (χ1) is 6.56. The number of rotatable bonds is 4. The van der Waals surface area contributed by atoms with E-state index in [0.29, 0.717) is 6.54 Å². The Bertz CT molecular complexity index is 353. The fourth-order valence-electron chi connectivity index (χ4n) is 1.27. The van der Waals surface area contributed by atoms with Gasteiger partial charge in [0.05, 0.1) is 6.54 Å². The average Bonchev–Trinajstić information content (AvgIpc) is 2.49. The van der Waals surface area contributed by atoms with Gasteiger partial charge in [-0.1, -0.05) is 19.9 Å². The number of nitrogens with zero attached hydrogens (tertiary/aromatic N) is 2. The second-order valence-corrected chi connectivity index (χ2v) is 3.39. The zero-order valence-corrected chi connectivity index (χ0v) is 8.40. The van der Waals surface area contributed by atoms with Crippen LogP contribution in [0.2, 0.25) is 0 Å². The zero-order chi connectivity index (χ0) is 10.7. The van der Waals surface area contributed by atoms with Crippen molar-refractivity contribution in [2.24, 2.45) is 0 Å². The van der Waals surface area contributed by atoms with Gasteiger partial charge in [-0.2, -0.15) is 5.10 Å². The molecule has 0 aliphatic rings. The van der Waals surface area contributed by atoms with Crippen LogP contribution in [0, 0.1) is 0 Å². The van der Waals surface area contributed by atoms with Gasteiger partial charge in [-0.25, -0.2) is 4.79 Å². The molecule has 0 saturated carbocycles. The summed E-state index contributed by atoms with van der Waals surface area (Å²) in [4.78, 5) is 10.7. The molecule has 0 amide bonds. The summed E-state index contributed by atoms with van der Waals surface area (Å²) < 4.78 is 1.67. The molecule has 4 nitrogen and oxygen atoms in total. The largest absolute Gasteiger partial charge is 0.476 e. The topological polar surface area (TPSA) is 55.1 Å². The summed E-state index contributed by atoms with van der Waals surface area (Å²) in [6.45, 7) is 8.15. The van der Waals surface area contributed by atoms with Crippen molar-refractivity contribution in [3.05, 3.63) is 30.1 Å². The highest BCUT2D eigenvalue weighted by Gasteiger charge is 2.14. The molecule has 4 heteroatoms. The van der Waals surface area contributed by atoms with Crippen molar-refractivity contribution in [3.8, 4) is 0 Å². The summed E-state index contributed by atoms with van der Waals surface area (Å²) >= 11 is 0. The normalized spacial score (nSPS) is 10.5. The van der Waals surface area contributed by atoms with Crippen molar-refractivity contribution in [1.82, 2.24) is 9.78 Å². The summed E-state index contributed by atoms with van der Waals surface area (Å²) in [7, 11) is 0. The molecule has 0 radical (unpaired) electrons. The van der Waals surface area contributed by atoms with E-state index < -0.39 is 5.97 Å². The lowest BCUT2D eigenvalue weighted by Gasteiger charge is -2.06. The second-order valence-electron chi connectivity index (χ2n) is 3.39. The van der Waals surface area contributed by atoms with Gasteiger partial charge >= 0.3 is 5.97 Å². The Balaban J connectivity index is 3.11. The van der Waals surface area contributed by atoms with Crippen molar-refractivity contribution >= 4 is 5.97 Å². The number of aromatic carboxylic acids is 1. The number of carbonyl (C=O) groups is 1. The molecule has 76 valence electrons. The first-order valence-electron chi connectivity index (χ1n) is 4.48. The summed E-state index contributed by atoms with van der Waals surface area (Å²) in [5, 5.41) is 12.7. The third-order valence-electron chi connectivity index (χ3n) is 1.92. The number of hydrogen-bond donors (Lipinski definition) is 1. The molecule has 0 bridgehead atoms. The number of carboxylic acids is 1. The maximum atomic E-state index is 10.7. The predicted molar refractivity (Wildman–Crippen MR) is 53.5 cm³/mol. The Morgan fingerprint density at radius 1 is 1.79 bits per heavy atom. The quantitative estimate of drug-likeness (QED) is 0.744. The van der Waals surface area contributed by atoms with Crippen LogP contribution in [0.5, 0.6) is 0 Å². The molecule has 0 aliphatic heterocycles. The number of hydrogen-bond acceptors (Lipinski definition) is 2. The van der Waals surface area contributed by atoms with E-state index in [1.54, 1.807) is 16.8 Å². The Hall–Kier alpha value is -1.58. The highest BCUT2D eigenvalue weighted by atomic mass is 16.4. The minimum atomic E-state index is -0.991. The van der Waals surface area contributed by atoms with E-state index in [1.165, 1.54) is 0 Å². The number of aromatic nitrogens is 2. The van der Waals surface area contributed by atoms with Gasteiger partial charge in [0.1, 0.15) is 0 Å². The van der Waals surface area contributed by atoms with Crippen LogP contribution in [0.15, 0.2) is 18.7 Å². The predicted octanol–water partition coefficient (Wildman–Crippen LogP) is 1.89. The number of carboxylic acid groups (broad SMARTS) is 1. The van der Waals surface area contributed by atoms with Crippen LogP contribution in [0.4, 0.5) is 0 Å². The Labute approximate surface area is 82.9 Å². The van der Waals surface area contributed by atoms with E-state index in [2.05, 4.69) is 11.7 Å². The van der Waals surface area contributed by atoms with Crippen LogP contribution in [0.1, 0.15) is 35.9 Å². The molecule has 1 aromatic heterocycles. The Morgan fingerprint density at radius 2 is 2.43 bits per heavy atom. The van der Waals surface area contributed by atoms with Gasteiger partial charge in [0.15, 0.2) is 5.69 Å². The monoisotopic (exact) mass is 194 g/mol. The molecule has 1 rings (SSSR count). The van der Waals surface area contributed by atoms with Gasteiger partial charge in [-0.3, -0.25) is 4.68 Å². The minimum Gasteiger partial charge on any atom is -0.476 e. The van der Waals surface area contributed by atoms with Crippen LogP contribution < -0.4 is 0 Å². The van der Waals surface area contributed by atoms with Crippen molar-refractivity contribution in [1.29, 1.82) is 0 Å². The molecule has 14 heavy (non-hydrogen) atoms. The third-order valence-corrected chi connectivity index (χ3v) is 1.92. The van der Waals surface area contributed by atoms with Crippen molar-refractivity contribution in [2.75, 3.05) is 0 Å². The van der Waals surface area contributed by atoms with Gasteiger partial charge in [0, 0.05) is 5.69 Å². The van der Waals surface area contributed by atoms with Gasteiger partial charge in [0.25, 0.3) is 0 Å². The molecule has 1 aromatic rings. The highest BCUT2D eigenvalue weighted by molar-refractivity contribution is 5.85. The van der Waals surface area contributed by atoms with Gasteiger partial charge in [0.2, 0.25) is 0 Å². The van der Waals surface area contributed by atoms with Crippen molar-refractivity contribution in [2.45, 2.75) is 26.3 Å². The van der Waals surface area contributed by atoms with Crippen molar-refractivity contribution in [3.63, 3.8) is 0 Å². The average molecular weight is 194 g/mol. The van der Waals surface area contributed by atoms with Crippen LogP contribution in [-0.2, 0) is 6.54 Å². The van der Waals surface area contributed by atoms with E-state index in [1.807, 2.05) is 13.8 Å². The smallest absolute Gasteiger partial charge is 0.356 e. The van der Waals surface area contributed by atoms with Crippen LogP contribution in [0.3, 0.4) is 0 Å². The summed E-state index contributed by atoms with van der Waals surface area (Å²) in [6, 6.07) is 1.61. The number of allylic oxidation sites excluding steroid dienone is 1. The standard InChI is InChI=1S/C10H14N2O2/c1-4-5-12-9(7(2)3)6-8(11-12)10(13)14/h4,6-7H,1,5H2,2-3H3,(H,13,14). The second kappa shape index (κ2) is 4.09. The maximum Gasteiger partial charge on any atom is 0.356 e. The molecule has 1 heterocycles. The summed E-state index contributed by atoms with van der Waals surface area (Å²) in [5.41, 5.74) is 1.01. The van der Waals surface area contributed by atoms with Crippen LogP contribution >= 0.6 is 0 Å². The molecular weight excluding hydrogens is 180 g/mol. The first-order valence-corrected chi connectivity index (χ1v) is 4.48. The molecule has 0 saturated heterocycles. The fraction of sp³-hybridized carbons (Fsp3) is 0.400. The van der Waals surface area contributed by atoms with E-state index in [9.17, 15) is 4.79 Å². The third kappa shape index (κ3) is 2.02. The molecule has 0 aromatic carbocycles. The Kier molecular flexibility index (Phi) is 3.06. The fourth-order valence-corrected chi connectivity index (χ4v) is 1.27. The van der Waals surface area contributed by atoms with Gasteiger partial charge in [-0.05, 0) is 12.0 Å². The lowest BCUT2D eigenvalue weighted by Crippen LogP contribution is -2.05. The summed E-state index contributed by atoms with van der Waals surface area (Å²) in [5.74, 6) is -0.731. The maximum absolute atomic E-state index is 10.7. The van der Waals surface area contributed by atoms with Gasteiger partial charge in [-0.15, -0.1) is 6.58 Å². The highest BCUT2D eigenvalue weighted by Crippen LogP contribution is 2.15. The van der Waals surface area contributed by atoms with Crippen molar-refractivity contribution < 1.29 is 9.90 Å². The van der Waals surface area contributed by atoms with E-state index in [4.69, 9.17) is 5.11 Å². The molecule has 0 unspecified atom stereocenters. The summed E-state index contributed by atoms with van der Waals surface area (Å²) in [6.07, 6.45) is 1.70. The lowest BCUT2D eigenvalue weighted by atomic mass is 10.1. The molecule has 0 fully saturated rings. The zero-order valence-electron chi connectivity index (χ0n) is 8.40. The molecule has 0 atom stereocenters. The Morgan fingerprint density at radius 3 is 2.86 bits per heavy atom. The first kappa shape index (κ1) is 10.5. The molecular formula is C10H14N2O2. The molecule has 0 aliphatic carbocycles. The van der Waals surface area contributed by atoms with E-state index >= 15 is 0 Å². The lowest BCUT2D eigenvalue weighted by molar-refractivity contribution is 0.0689. The minimum absolute atomic E-state index is 0.0931. The van der Waals surface area contributed by atoms with Gasteiger partial charge < -0.3 is 5.11 Å². The van der Waals surface area contributed by atoms with Crippen LogP contribution in [-0.4, -0.2) is 20.9 Å².